The Labute approximate surface area is 81.4 Å². The number of nitrogens with zero attached hydrogens (tertiary/aromatic N) is 1. The molecule has 68 valence electrons. The zero-order valence-electron chi connectivity index (χ0n) is 7.61. The molecule has 13 heavy (non-hydrogen) atoms. The van der Waals surface area contributed by atoms with Crippen molar-refractivity contribution < 1.29 is 0 Å². The molecule has 1 heterocycles. The Morgan fingerprint density at radius 3 is 2.69 bits per heavy atom. The van der Waals surface area contributed by atoms with Gasteiger partial charge < -0.3 is 0 Å². The lowest BCUT2D eigenvalue weighted by Crippen LogP contribution is -2.17. The normalized spacial score (nSPS) is 37.5. The summed E-state index contributed by atoms with van der Waals surface area (Å²) < 4.78 is 2.38. The van der Waals surface area contributed by atoms with E-state index in [0.29, 0.717) is 5.41 Å². The number of hydrogen-bond acceptors (Lipinski definition) is 1. The molecular formula is C11H14NP. The van der Waals surface area contributed by atoms with Gasteiger partial charge in [0.2, 0.25) is 0 Å². The van der Waals surface area contributed by atoms with Crippen LogP contribution in [0.15, 0.2) is 30.3 Å². The van der Waals surface area contributed by atoms with Crippen LogP contribution in [0.3, 0.4) is 0 Å². The second-order valence-electron chi connectivity index (χ2n) is 4.35. The molecule has 1 aliphatic heterocycles. The van der Waals surface area contributed by atoms with E-state index < -0.39 is 0 Å². The minimum Gasteiger partial charge on any atom is -0.286 e. The maximum atomic E-state index is 2.83. The molecule has 1 aromatic rings. The number of fused-ring (bicyclic) bond motifs is 1. The standard InChI is InChI=1S/C11H14NP/c13-12-7-10-6-11(10,8-12)9-4-2-1-3-5-9/h1-5,10H,6-8,13H2. The van der Waals surface area contributed by atoms with Gasteiger partial charge in [-0.1, -0.05) is 39.7 Å². The van der Waals surface area contributed by atoms with Crippen LogP contribution < -0.4 is 0 Å². The van der Waals surface area contributed by atoms with Crippen LogP contribution in [0.5, 0.6) is 0 Å². The summed E-state index contributed by atoms with van der Waals surface area (Å²) in [4.78, 5) is 0. The first-order chi connectivity index (χ1) is 6.31. The highest BCUT2D eigenvalue weighted by Gasteiger charge is 2.59. The van der Waals surface area contributed by atoms with E-state index in [2.05, 4.69) is 44.4 Å². The Hall–Kier alpha value is -0.390. The van der Waals surface area contributed by atoms with Crippen molar-refractivity contribution in [3.63, 3.8) is 0 Å². The van der Waals surface area contributed by atoms with Gasteiger partial charge in [-0.25, -0.2) is 0 Å². The first-order valence-electron chi connectivity index (χ1n) is 4.86. The highest BCUT2D eigenvalue weighted by molar-refractivity contribution is 7.13. The van der Waals surface area contributed by atoms with E-state index in [0.717, 1.165) is 5.92 Å². The fourth-order valence-corrected chi connectivity index (χ4v) is 3.32. The van der Waals surface area contributed by atoms with E-state index in [1.54, 1.807) is 5.56 Å². The summed E-state index contributed by atoms with van der Waals surface area (Å²) >= 11 is 0. The molecule has 1 saturated heterocycles. The van der Waals surface area contributed by atoms with Crippen LogP contribution in [0.4, 0.5) is 0 Å². The van der Waals surface area contributed by atoms with E-state index in [4.69, 9.17) is 0 Å². The molecule has 0 radical (unpaired) electrons. The van der Waals surface area contributed by atoms with Gasteiger partial charge in [-0.15, -0.1) is 0 Å². The van der Waals surface area contributed by atoms with Crippen molar-refractivity contribution in [3.05, 3.63) is 35.9 Å². The van der Waals surface area contributed by atoms with Gasteiger partial charge in [0.05, 0.1) is 0 Å². The van der Waals surface area contributed by atoms with Crippen LogP contribution in [-0.2, 0) is 5.41 Å². The number of piperidine rings is 1. The highest BCUT2D eigenvalue weighted by atomic mass is 31.0. The number of benzene rings is 1. The predicted octanol–water partition coefficient (Wildman–Crippen LogP) is 2.05. The topological polar surface area (TPSA) is 3.24 Å². The van der Waals surface area contributed by atoms with E-state index in [1.807, 2.05) is 0 Å². The number of hydrogen-bond donors (Lipinski definition) is 0. The summed E-state index contributed by atoms with van der Waals surface area (Å²) in [5.74, 6) is 0.924. The van der Waals surface area contributed by atoms with Crippen molar-refractivity contribution in [2.45, 2.75) is 11.8 Å². The Morgan fingerprint density at radius 2 is 2.08 bits per heavy atom. The first kappa shape index (κ1) is 7.96. The Morgan fingerprint density at radius 1 is 1.31 bits per heavy atom. The lowest BCUT2D eigenvalue weighted by Gasteiger charge is -2.15. The van der Waals surface area contributed by atoms with Crippen LogP contribution in [0.1, 0.15) is 12.0 Å². The van der Waals surface area contributed by atoms with Gasteiger partial charge in [-0.3, -0.25) is 4.67 Å². The fraction of sp³-hybridized carbons (Fsp3) is 0.455. The van der Waals surface area contributed by atoms with Crippen molar-refractivity contribution in [3.8, 4) is 0 Å². The zero-order valence-corrected chi connectivity index (χ0v) is 8.76. The second kappa shape index (κ2) is 2.56. The third-order valence-corrected chi connectivity index (χ3v) is 3.91. The molecule has 0 aromatic heterocycles. The van der Waals surface area contributed by atoms with Crippen LogP contribution in [0.2, 0.25) is 0 Å². The molecule has 1 saturated carbocycles. The van der Waals surface area contributed by atoms with Crippen LogP contribution in [0, 0.1) is 5.92 Å². The first-order valence-corrected chi connectivity index (χ1v) is 5.38. The average molecular weight is 191 g/mol. The minimum atomic E-state index is 0.531. The smallest absolute Gasteiger partial charge is 0.0128 e. The second-order valence-corrected chi connectivity index (χ2v) is 5.08. The van der Waals surface area contributed by atoms with Crippen molar-refractivity contribution in [1.29, 1.82) is 0 Å². The van der Waals surface area contributed by atoms with Crippen molar-refractivity contribution >= 4 is 9.39 Å². The van der Waals surface area contributed by atoms with Gasteiger partial charge in [-0.05, 0) is 17.9 Å². The van der Waals surface area contributed by atoms with Crippen LogP contribution in [-0.4, -0.2) is 17.8 Å². The third kappa shape index (κ3) is 1.07. The molecule has 3 unspecified atom stereocenters. The molecule has 2 fully saturated rings. The summed E-state index contributed by atoms with van der Waals surface area (Å²) in [6.45, 7) is 2.49. The highest BCUT2D eigenvalue weighted by Crippen LogP contribution is 2.59. The maximum absolute atomic E-state index is 2.83. The lowest BCUT2D eigenvalue weighted by molar-refractivity contribution is 0.499. The van der Waals surface area contributed by atoms with E-state index >= 15 is 0 Å². The van der Waals surface area contributed by atoms with E-state index in [1.165, 1.54) is 19.5 Å². The summed E-state index contributed by atoms with van der Waals surface area (Å²) in [7, 11) is 2.83. The van der Waals surface area contributed by atoms with Crippen molar-refractivity contribution in [1.82, 2.24) is 4.67 Å². The van der Waals surface area contributed by atoms with Gasteiger partial charge in [0, 0.05) is 18.5 Å². The lowest BCUT2D eigenvalue weighted by atomic mass is 9.95. The average Bonchev–Trinajstić information content (AvgIpc) is 2.72. The molecule has 1 nitrogen and oxygen atoms in total. The van der Waals surface area contributed by atoms with E-state index in [9.17, 15) is 0 Å². The van der Waals surface area contributed by atoms with E-state index in [-0.39, 0.29) is 0 Å². The van der Waals surface area contributed by atoms with Gasteiger partial charge in [0.15, 0.2) is 0 Å². The quantitative estimate of drug-likeness (QED) is 0.614. The van der Waals surface area contributed by atoms with Gasteiger partial charge >= 0.3 is 0 Å². The largest absolute Gasteiger partial charge is 0.286 e. The summed E-state index contributed by atoms with van der Waals surface area (Å²) in [6.07, 6.45) is 1.40. The molecule has 0 bridgehead atoms. The molecule has 1 aromatic carbocycles. The Kier molecular flexibility index (Phi) is 1.57. The molecule has 2 aliphatic rings. The Bertz CT molecular complexity index is 324. The molecule has 3 rings (SSSR count). The van der Waals surface area contributed by atoms with Gasteiger partial charge in [-0.2, -0.15) is 0 Å². The molecule has 0 N–H and O–H groups in total. The van der Waals surface area contributed by atoms with Gasteiger partial charge in [0.25, 0.3) is 0 Å². The van der Waals surface area contributed by atoms with Crippen LogP contribution in [0.25, 0.3) is 0 Å². The monoisotopic (exact) mass is 191 g/mol. The fourth-order valence-electron chi connectivity index (χ4n) is 2.74. The molecular weight excluding hydrogens is 177 g/mol. The molecule has 0 amide bonds. The molecule has 2 heteroatoms. The van der Waals surface area contributed by atoms with Crippen molar-refractivity contribution in [2.75, 3.05) is 13.1 Å². The SMILES string of the molecule is PN1CC2CC2(c2ccccc2)C1. The number of rotatable bonds is 1. The maximum Gasteiger partial charge on any atom is 0.0128 e. The minimum absolute atomic E-state index is 0.531. The van der Waals surface area contributed by atoms with Gasteiger partial charge in [0.1, 0.15) is 0 Å². The van der Waals surface area contributed by atoms with Crippen LogP contribution >= 0.6 is 9.39 Å². The zero-order chi connectivity index (χ0) is 8.89. The summed E-state index contributed by atoms with van der Waals surface area (Å²) in [5.41, 5.74) is 2.08. The summed E-state index contributed by atoms with van der Waals surface area (Å²) in [5, 5.41) is 0. The molecule has 1 aliphatic carbocycles. The molecule has 0 spiro atoms. The summed E-state index contributed by atoms with van der Waals surface area (Å²) in [6, 6.07) is 11.0. The molecule has 3 atom stereocenters. The Balaban J connectivity index is 1.95. The third-order valence-electron chi connectivity index (χ3n) is 3.52. The van der Waals surface area contributed by atoms with Crippen molar-refractivity contribution in [2.24, 2.45) is 5.92 Å². The predicted molar refractivity (Wildman–Crippen MR) is 57.5 cm³/mol.